The van der Waals surface area contributed by atoms with Crippen molar-refractivity contribution < 1.29 is 13.2 Å². The first kappa shape index (κ1) is 19.1. The van der Waals surface area contributed by atoms with Gasteiger partial charge in [-0.2, -0.15) is 0 Å². The quantitative estimate of drug-likeness (QED) is 0.829. The standard InChI is InChI=1S/C19H24N2O3S/c1-13(18(20)16-7-5-4-6-8-16)19(22)21-14(2)15-9-11-17(12-10-15)25(3,23)24/h4-14,18H,20H2,1-3H3,(H,21,22). The minimum atomic E-state index is -3.23. The average Bonchev–Trinajstić information content (AvgIpc) is 2.60. The second-order valence-electron chi connectivity index (χ2n) is 6.30. The SMILES string of the molecule is CC(NC(=O)C(C)C(N)c1ccccc1)c1ccc(S(C)(=O)=O)cc1. The highest BCUT2D eigenvalue weighted by Gasteiger charge is 2.23. The lowest BCUT2D eigenvalue weighted by molar-refractivity contribution is -0.125. The van der Waals surface area contributed by atoms with Crippen LogP contribution in [0.5, 0.6) is 0 Å². The summed E-state index contributed by atoms with van der Waals surface area (Å²) in [5, 5.41) is 2.94. The molecule has 0 radical (unpaired) electrons. The highest BCUT2D eigenvalue weighted by molar-refractivity contribution is 7.90. The molecule has 0 fully saturated rings. The molecular weight excluding hydrogens is 336 g/mol. The van der Waals surface area contributed by atoms with E-state index in [1.165, 1.54) is 6.26 Å². The Balaban J connectivity index is 2.04. The van der Waals surface area contributed by atoms with E-state index in [4.69, 9.17) is 5.73 Å². The van der Waals surface area contributed by atoms with Crippen LogP contribution in [0.1, 0.15) is 37.1 Å². The van der Waals surface area contributed by atoms with Crippen molar-refractivity contribution in [1.82, 2.24) is 5.32 Å². The number of nitrogens with one attached hydrogen (secondary N) is 1. The molecule has 0 heterocycles. The summed E-state index contributed by atoms with van der Waals surface area (Å²) in [4.78, 5) is 12.7. The van der Waals surface area contributed by atoms with Gasteiger partial charge in [0.25, 0.3) is 0 Å². The van der Waals surface area contributed by atoms with Crippen LogP contribution in [-0.4, -0.2) is 20.6 Å². The van der Waals surface area contributed by atoms with Gasteiger partial charge in [0.15, 0.2) is 9.84 Å². The molecule has 0 aliphatic rings. The normalized spacial score (nSPS) is 15.2. The van der Waals surface area contributed by atoms with Crippen LogP contribution in [0.3, 0.4) is 0 Å². The summed E-state index contributed by atoms with van der Waals surface area (Å²) in [5.74, 6) is -0.531. The van der Waals surface area contributed by atoms with Crippen molar-refractivity contribution in [2.75, 3.05) is 6.26 Å². The zero-order chi connectivity index (χ0) is 18.6. The predicted molar refractivity (Wildman–Crippen MR) is 98.6 cm³/mol. The van der Waals surface area contributed by atoms with Crippen molar-refractivity contribution in [3.63, 3.8) is 0 Å². The van der Waals surface area contributed by atoms with Crippen LogP contribution < -0.4 is 11.1 Å². The molecule has 0 saturated heterocycles. The summed E-state index contributed by atoms with van der Waals surface area (Å²) in [7, 11) is -3.23. The van der Waals surface area contributed by atoms with E-state index in [9.17, 15) is 13.2 Å². The van der Waals surface area contributed by atoms with Crippen molar-refractivity contribution in [2.45, 2.75) is 30.8 Å². The fourth-order valence-electron chi connectivity index (χ4n) is 2.56. The Morgan fingerprint density at radius 3 is 2.04 bits per heavy atom. The number of hydrogen-bond donors (Lipinski definition) is 2. The van der Waals surface area contributed by atoms with E-state index in [1.807, 2.05) is 37.3 Å². The molecule has 0 aliphatic heterocycles. The van der Waals surface area contributed by atoms with Crippen LogP contribution in [-0.2, 0) is 14.6 Å². The van der Waals surface area contributed by atoms with Gasteiger partial charge >= 0.3 is 0 Å². The van der Waals surface area contributed by atoms with Crippen LogP contribution in [0.4, 0.5) is 0 Å². The van der Waals surface area contributed by atoms with Crippen molar-refractivity contribution in [3.05, 3.63) is 65.7 Å². The topological polar surface area (TPSA) is 89.3 Å². The molecule has 6 heteroatoms. The highest BCUT2D eigenvalue weighted by atomic mass is 32.2. The van der Waals surface area contributed by atoms with Crippen molar-refractivity contribution in [3.8, 4) is 0 Å². The summed E-state index contributed by atoms with van der Waals surface area (Å²) in [6.07, 6.45) is 1.17. The summed E-state index contributed by atoms with van der Waals surface area (Å²) >= 11 is 0. The van der Waals surface area contributed by atoms with E-state index in [1.54, 1.807) is 31.2 Å². The van der Waals surface area contributed by atoms with E-state index < -0.39 is 9.84 Å². The van der Waals surface area contributed by atoms with Crippen molar-refractivity contribution in [1.29, 1.82) is 0 Å². The van der Waals surface area contributed by atoms with Crippen molar-refractivity contribution >= 4 is 15.7 Å². The minimum absolute atomic E-state index is 0.143. The summed E-state index contributed by atoms with van der Waals surface area (Å²) in [6, 6.07) is 15.4. The van der Waals surface area contributed by atoms with Crippen LogP contribution in [0.25, 0.3) is 0 Å². The largest absolute Gasteiger partial charge is 0.349 e. The monoisotopic (exact) mass is 360 g/mol. The molecule has 25 heavy (non-hydrogen) atoms. The van der Waals surface area contributed by atoms with Gasteiger partial charge < -0.3 is 11.1 Å². The van der Waals surface area contributed by atoms with Gasteiger partial charge in [0.1, 0.15) is 0 Å². The summed E-state index contributed by atoms with van der Waals surface area (Å²) in [6.45, 7) is 3.65. The highest BCUT2D eigenvalue weighted by Crippen LogP contribution is 2.21. The fraction of sp³-hybridized carbons (Fsp3) is 0.316. The van der Waals surface area contributed by atoms with Crippen molar-refractivity contribution in [2.24, 2.45) is 11.7 Å². The zero-order valence-corrected chi connectivity index (χ0v) is 15.5. The Bertz CT molecular complexity index is 818. The van der Waals surface area contributed by atoms with Crippen LogP contribution in [0.15, 0.2) is 59.5 Å². The first-order chi connectivity index (χ1) is 11.7. The van der Waals surface area contributed by atoms with E-state index in [-0.39, 0.29) is 28.8 Å². The number of hydrogen-bond acceptors (Lipinski definition) is 4. The Labute approximate surface area is 149 Å². The Hall–Kier alpha value is -2.18. The number of carbonyl (C=O) groups is 1. The van der Waals surface area contributed by atoms with Gasteiger partial charge in [-0.1, -0.05) is 49.4 Å². The van der Waals surface area contributed by atoms with Crippen LogP contribution in [0.2, 0.25) is 0 Å². The lowest BCUT2D eigenvalue weighted by atomic mass is 9.94. The maximum Gasteiger partial charge on any atom is 0.225 e. The zero-order valence-electron chi connectivity index (χ0n) is 14.6. The third kappa shape index (κ3) is 4.90. The first-order valence-electron chi connectivity index (χ1n) is 8.11. The lowest BCUT2D eigenvalue weighted by Crippen LogP contribution is -2.36. The smallest absolute Gasteiger partial charge is 0.225 e. The number of nitrogens with two attached hydrogens (primary N) is 1. The number of amides is 1. The Morgan fingerprint density at radius 2 is 1.52 bits per heavy atom. The molecule has 3 N–H and O–H groups in total. The number of sulfone groups is 1. The molecule has 2 aromatic rings. The van der Waals surface area contributed by atoms with Gasteiger partial charge in [-0.3, -0.25) is 4.79 Å². The van der Waals surface area contributed by atoms with Gasteiger partial charge in [-0.05, 0) is 30.2 Å². The van der Waals surface area contributed by atoms with Crippen LogP contribution >= 0.6 is 0 Å². The molecule has 2 aromatic carbocycles. The molecule has 0 saturated carbocycles. The second kappa shape index (κ2) is 7.80. The van der Waals surface area contributed by atoms with Gasteiger partial charge in [0, 0.05) is 12.3 Å². The van der Waals surface area contributed by atoms with E-state index in [2.05, 4.69) is 5.32 Å². The molecule has 5 nitrogen and oxygen atoms in total. The maximum atomic E-state index is 12.5. The average molecular weight is 360 g/mol. The first-order valence-corrected chi connectivity index (χ1v) is 10.00. The second-order valence-corrected chi connectivity index (χ2v) is 8.31. The molecule has 0 spiro atoms. The van der Waals surface area contributed by atoms with Crippen LogP contribution in [0, 0.1) is 5.92 Å². The number of carbonyl (C=O) groups excluding carboxylic acids is 1. The minimum Gasteiger partial charge on any atom is -0.349 e. The molecule has 1 amide bonds. The van der Waals surface area contributed by atoms with Gasteiger partial charge in [0.05, 0.1) is 16.9 Å². The molecule has 0 bridgehead atoms. The summed E-state index contributed by atoms with van der Waals surface area (Å²) < 4.78 is 23.0. The summed E-state index contributed by atoms with van der Waals surface area (Å²) in [5.41, 5.74) is 7.94. The predicted octanol–water partition coefficient (Wildman–Crippen LogP) is 2.60. The molecular formula is C19H24N2O3S. The maximum absolute atomic E-state index is 12.5. The number of rotatable bonds is 6. The van der Waals surface area contributed by atoms with E-state index >= 15 is 0 Å². The molecule has 3 unspecified atom stereocenters. The third-order valence-electron chi connectivity index (χ3n) is 4.30. The van der Waals surface area contributed by atoms with E-state index in [0.29, 0.717) is 0 Å². The molecule has 0 aromatic heterocycles. The molecule has 2 rings (SSSR count). The Morgan fingerprint density at radius 1 is 0.960 bits per heavy atom. The molecule has 134 valence electrons. The molecule has 3 atom stereocenters. The Kier molecular flexibility index (Phi) is 5.98. The van der Waals surface area contributed by atoms with Gasteiger partial charge in [-0.15, -0.1) is 0 Å². The lowest BCUT2D eigenvalue weighted by Gasteiger charge is -2.22. The van der Waals surface area contributed by atoms with Gasteiger partial charge in [0.2, 0.25) is 5.91 Å². The molecule has 0 aliphatic carbocycles. The number of benzene rings is 2. The van der Waals surface area contributed by atoms with E-state index in [0.717, 1.165) is 11.1 Å². The third-order valence-corrected chi connectivity index (χ3v) is 5.43. The van der Waals surface area contributed by atoms with Gasteiger partial charge in [-0.25, -0.2) is 8.42 Å². The fourth-order valence-corrected chi connectivity index (χ4v) is 3.19.